The number of carbonyl (C=O) groups is 1. The highest BCUT2D eigenvalue weighted by Gasteiger charge is 2.24. The number of anilines is 1. The van der Waals surface area contributed by atoms with Crippen molar-refractivity contribution in [3.8, 4) is 0 Å². The van der Waals surface area contributed by atoms with Crippen molar-refractivity contribution in [2.24, 2.45) is 0 Å². The van der Waals surface area contributed by atoms with E-state index in [-0.39, 0.29) is 17.0 Å². The van der Waals surface area contributed by atoms with Crippen LogP contribution in [0.2, 0.25) is 0 Å². The number of pyridine rings is 1. The average Bonchev–Trinajstić information content (AvgIpc) is 2.54. The molecule has 1 fully saturated rings. The molecule has 1 amide bonds. The number of aryl methyl sites for hydroxylation is 2. The number of aromatic nitrogens is 3. The van der Waals surface area contributed by atoms with Gasteiger partial charge in [-0.25, -0.2) is 9.97 Å². The zero-order valence-electron chi connectivity index (χ0n) is 13.2. The zero-order valence-corrected chi connectivity index (χ0v) is 13.2. The molecule has 0 aromatic carbocycles. The molecule has 1 aliphatic heterocycles. The van der Waals surface area contributed by atoms with E-state index in [1.165, 1.54) is 0 Å². The molecule has 1 saturated heterocycles. The Morgan fingerprint density at radius 1 is 1.13 bits per heavy atom. The number of amides is 1. The number of nitrogens with one attached hydrogen (secondary N) is 1. The van der Waals surface area contributed by atoms with Crippen molar-refractivity contribution in [2.75, 3.05) is 31.1 Å². The van der Waals surface area contributed by atoms with Crippen molar-refractivity contribution in [3.63, 3.8) is 0 Å². The summed E-state index contributed by atoms with van der Waals surface area (Å²) < 4.78 is 0. The van der Waals surface area contributed by atoms with Crippen LogP contribution in [0.5, 0.6) is 0 Å². The Bertz CT molecular complexity index is 778. The molecule has 7 nitrogen and oxygen atoms in total. The number of hydrogen-bond acceptors (Lipinski definition) is 5. The molecule has 7 heteroatoms. The maximum Gasteiger partial charge on any atom is 0.260 e. The molecular formula is C16H19N5O2. The maximum atomic E-state index is 12.5. The third-order valence-corrected chi connectivity index (χ3v) is 3.94. The Hall–Kier alpha value is -2.70. The fourth-order valence-corrected chi connectivity index (χ4v) is 2.67. The summed E-state index contributed by atoms with van der Waals surface area (Å²) in [5.41, 5.74) is 0.612. The summed E-state index contributed by atoms with van der Waals surface area (Å²) in [6.07, 6.45) is 1.74. The number of nitrogens with zero attached hydrogens (tertiary/aromatic N) is 4. The van der Waals surface area contributed by atoms with Gasteiger partial charge in [0.05, 0.1) is 0 Å². The first kappa shape index (κ1) is 15.2. The van der Waals surface area contributed by atoms with E-state index in [0.717, 1.165) is 17.3 Å². The second-order valence-electron chi connectivity index (χ2n) is 5.63. The van der Waals surface area contributed by atoms with E-state index in [1.54, 1.807) is 30.2 Å². The highest BCUT2D eigenvalue weighted by molar-refractivity contribution is 5.94. The number of aromatic amines is 1. The molecule has 0 unspecified atom stereocenters. The molecule has 3 heterocycles. The summed E-state index contributed by atoms with van der Waals surface area (Å²) in [6.45, 7) is 6.15. The predicted octanol–water partition coefficient (Wildman–Crippen LogP) is 0.744. The number of H-pyrrole nitrogens is 1. The monoisotopic (exact) mass is 313 g/mol. The van der Waals surface area contributed by atoms with Crippen LogP contribution in [0.15, 0.2) is 29.2 Å². The summed E-state index contributed by atoms with van der Waals surface area (Å²) in [5.74, 6) is 1.38. The van der Waals surface area contributed by atoms with Crippen LogP contribution >= 0.6 is 0 Å². The van der Waals surface area contributed by atoms with Gasteiger partial charge in [-0.05, 0) is 32.0 Å². The normalized spacial score (nSPS) is 14.9. The van der Waals surface area contributed by atoms with Crippen LogP contribution in [0.1, 0.15) is 21.9 Å². The molecule has 0 aliphatic carbocycles. The van der Waals surface area contributed by atoms with Crippen LogP contribution in [0, 0.1) is 13.8 Å². The number of carbonyl (C=O) groups excluding carboxylic acids is 1. The minimum absolute atomic E-state index is 0.196. The Morgan fingerprint density at radius 2 is 1.87 bits per heavy atom. The molecule has 1 aliphatic rings. The summed E-state index contributed by atoms with van der Waals surface area (Å²) in [7, 11) is 0. The molecule has 1 N–H and O–H groups in total. The van der Waals surface area contributed by atoms with E-state index in [9.17, 15) is 9.59 Å². The Morgan fingerprint density at radius 3 is 2.52 bits per heavy atom. The van der Waals surface area contributed by atoms with E-state index < -0.39 is 0 Å². The van der Waals surface area contributed by atoms with Gasteiger partial charge in [-0.15, -0.1) is 0 Å². The van der Waals surface area contributed by atoms with E-state index in [4.69, 9.17) is 0 Å². The smallest absolute Gasteiger partial charge is 0.260 e. The van der Waals surface area contributed by atoms with Crippen LogP contribution in [0.3, 0.4) is 0 Å². The quantitative estimate of drug-likeness (QED) is 0.884. The van der Waals surface area contributed by atoms with Crippen LogP contribution in [-0.4, -0.2) is 51.9 Å². The fraction of sp³-hybridized carbons (Fsp3) is 0.375. The van der Waals surface area contributed by atoms with Crippen molar-refractivity contribution in [2.45, 2.75) is 13.8 Å². The third kappa shape index (κ3) is 3.23. The van der Waals surface area contributed by atoms with Gasteiger partial charge in [-0.2, -0.15) is 0 Å². The zero-order chi connectivity index (χ0) is 16.4. The van der Waals surface area contributed by atoms with Crippen molar-refractivity contribution >= 4 is 11.7 Å². The van der Waals surface area contributed by atoms with Crippen molar-refractivity contribution < 1.29 is 4.79 Å². The molecule has 0 atom stereocenters. The lowest BCUT2D eigenvalue weighted by atomic mass is 10.2. The minimum atomic E-state index is -0.330. The molecule has 120 valence electrons. The van der Waals surface area contributed by atoms with Crippen molar-refractivity contribution in [3.05, 3.63) is 51.8 Å². The summed E-state index contributed by atoms with van der Waals surface area (Å²) in [6, 6.07) is 5.21. The van der Waals surface area contributed by atoms with Gasteiger partial charge in [0.1, 0.15) is 17.2 Å². The standard InChI is InChI=1S/C16H19N5O2/c1-11-3-4-13(15(22)18-11)16(23)21-9-7-20(8-10-21)14-5-6-17-12(2)19-14/h3-6H,7-10H2,1-2H3,(H,18,22). The third-order valence-electron chi connectivity index (χ3n) is 3.94. The molecule has 23 heavy (non-hydrogen) atoms. The maximum absolute atomic E-state index is 12.5. The van der Waals surface area contributed by atoms with E-state index in [2.05, 4.69) is 19.9 Å². The Kier molecular flexibility index (Phi) is 4.10. The number of piperazine rings is 1. The second kappa shape index (κ2) is 6.20. The highest BCUT2D eigenvalue weighted by atomic mass is 16.2. The second-order valence-corrected chi connectivity index (χ2v) is 5.63. The molecule has 2 aromatic heterocycles. The fourth-order valence-electron chi connectivity index (χ4n) is 2.67. The Balaban J connectivity index is 1.69. The van der Waals surface area contributed by atoms with Crippen molar-refractivity contribution in [1.29, 1.82) is 0 Å². The molecule has 3 rings (SSSR count). The largest absolute Gasteiger partial charge is 0.353 e. The first-order chi connectivity index (χ1) is 11.0. The van der Waals surface area contributed by atoms with Gasteiger partial charge in [0.2, 0.25) is 0 Å². The van der Waals surface area contributed by atoms with Gasteiger partial charge in [-0.3, -0.25) is 9.59 Å². The van der Waals surface area contributed by atoms with Crippen LogP contribution in [0.25, 0.3) is 0 Å². The van der Waals surface area contributed by atoms with Crippen LogP contribution in [-0.2, 0) is 0 Å². The summed E-state index contributed by atoms with van der Waals surface area (Å²) >= 11 is 0. The first-order valence-electron chi connectivity index (χ1n) is 7.58. The lowest BCUT2D eigenvalue weighted by Crippen LogP contribution is -2.49. The van der Waals surface area contributed by atoms with E-state index in [0.29, 0.717) is 26.2 Å². The van der Waals surface area contributed by atoms with Gasteiger partial charge < -0.3 is 14.8 Å². The minimum Gasteiger partial charge on any atom is -0.353 e. The number of hydrogen-bond donors (Lipinski definition) is 1. The summed E-state index contributed by atoms with van der Waals surface area (Å²) in [4.78, 5) is 39.4. The van der Waals surface area contributed by atoms with Gasteiger partial charge in [-0.1, -0.05) is 0 Å². The summed E-state index contributed by atoms with van der Waals surface area (Å²) in [5, 5.41) is 0. The first-order valence-corrected chi connectivity index (χ1v) is 7.58. The molecule has 2 aromatic rings. The van der Waals surface area contributed by atoms with Gasteiger partial charge in [0.15, 0.2) is 0 Å². The molecule has 0 spiro atoms. The van der Waals surface area contributed by atoms with Gasteiger partial charge in [0, 0.05) is 38.1 Å². The van der Waals surface area contributed by atoms with Gasteiger partial charge >= 0.3 is 0 Å². The lowest BCUT2D eigenvalue weighted by molar-refractivity contribution is 0.0744. The molecule has 0 bridgehead atoms. The average molecular weight is 313 g/mol. The Labute approximate surface area is 134 Å². The number of rotatable bonds is 2. The molecule has 0 saturated carbocycles. The predicted molar refractivity (Wildman–Crippen MR) is 86.7 cm³/mol. The van der Waals surface area contributed by atoms with Crippen LogP contribution < -0.4 is 10.5 Å². The topological polar surface area (TPSA) is 82.2 Å². The van der Waals surface area contributed by atoms with Gasteiger partial charge in [0.25, 0.3) is 11.5 Å². The van der Waals surface area contributed by atoms with Crippen LogP contribution in [0.4, 0.5) is 5.82 Å². The lowest BCUT2D eigenvalue weighted by Gasteiger charge is -2.35. The molecule has 0 radical (unpaired) electrons. The highest BCUT2D eigenvalue weighted by Crippen LogP contribution is 2.14. The van der Waals surface area contributed by atoms with Crippen molar-refractivity contribution in [1.82, 2.24) is 19.9 Å². The SMILES string of the molecule is Cc1nccc(N2CCN(C(=O)c3ccc(C)[nH]c3=O)CC2)n1. The van der Waals surface area contributed by atoms with E-state index >= 15 is 0 Å². The molecular weight excluding hydrogens is 294 g/mol. The van der Waals surface area contributed by atoms with E-state index in [1.807, 2.05) is 13.0 Å².